The van der Waals surface area contributed by atoms with Gasteiger partial charge >= 0.3 is 0 Å². The fourth-order valence-corrected chi connectivity index (χ4v) is 0.879. The van der Waals surface area contributed by atoms with E-state index >= 15 is 0 Å². The van der Waals surface area contributed by atoms with Crippen molar-refractivity contribution in [1.29, 1.82) is 0 Å². The second-order valence-corrected chi connectivity index (χ2v) is 2.55. The second-order valence-electron chi connectivity index (χ2n) is 2.55. The van der Waals surface area contributed by atoms with Crippen molar-refractivity contribution in [3.05, 3.63) is 49.0 Å². The van der Waals surface area contributed by atoms with Gasteiger partial charge in [-0.15, -0.1) is 0 Å². The Morgan fingerprint density at radius 1 is 1.00 bits per heavy atom. The van der Waals surface area contributed by atoms with Crippen molar-refractivity contribution in [3.8, 4) is 0 Å². The molecule has 0 aliphatic carbocycles. The van der Waals surface area contributed by atoms with E-state index in [1.54, 1.807) is 12.2 Å². The van der Waals surface area contributed by atoms with Crippen molar-refractivity contribution in [2.24, 2.45) is 0 Å². The smallest absolute Gasteiger partial charge is 0.103 e. The minimum Gasteiger partial charge on any atom is -0.466 e. The molecule has 0 amide bonds. The van der Waals surface area contributed by atoms with Gasteiger partial charge in [-0.05, 0) is 12.2 Å². The Bertz CT molecular complexity index is 197. The van der Waals surface area contributed by atoms with Crippen LogP contribution in [0.1, 0.15) is 26.7 Å². The predicted octanol–water partition coefficient (Wildman–Crippen LogP) is 3.96. The minimum absolute atomic E-state index is 0.875. The second kappa shape index (κ2) is 7.41. The Morgan fingerprint density at radius 2 is 1.38 bits per heavy atom. The van der Waals surface area contributed by atoms with E-state index in [4.69, 9.17) is 4.74 Å². The van der Waals surface area contributed by atoms with Crippen LogP contribution in [0, 0.1) is 0 Å². The van der Waals surface area contributed by atoms with Gasteiger partial charge in [-0.1, -0.05) is 39.2 Å². The van der Waals surface area contributed by atoms with Crippen LogP contribution in [0.5, 0.6) is 0 Å². The molecule has 0 radical (unpaired) electrons. The molecule has 13 heavy (non-hydrogen) atoms. The summed E-state index contributed by atoms with van der Waals surface area (Å²) in [5.74, 6) is 1.87. The van der Waals surface area contributed by atoms with E-state index in [1.807, 2.05) is 12.2 Å². The van der Waals surface area contributed by atoms with Crippen LogP contribution < -0.4 is 0 Å². The third-order valence-electron chi connectivity index (χ3n) is 1.57. The SMILES string of the molecule is C=CC=C(CC)OC(=CC=C)CC. The molecule has 1 nitrogen and oxygen atoms in total. The topological polar surface area (TPSA) is 9.23 Å². The third kappa shape index (κ3) is 5.07. The van der Waals surface area contributed by atoms with Crippen molar-refractivity contribution >= 4 is 0 Å². The first-order chi connectivity index (χ1) is 6.28. The summed E-state index contributed by atoms with van der Waals surface area (Å²) in [6.07, 6.45) is 8.99. The summed E-state index contributed by atoms with van der Waals surface area (Å²) in [5.41, 5.74) is 0. The summed E-state index contributed by atoms with van der Waals surface area (Å²) in [6.45, 7) is 11.4. The van der Waals surface area contributed by atoms with Crippen LogP contribution >= 0.6 is 0 Å². The van der Waals surface area contributed by atoms with E-state index in [0.29, 0.717) is 0 Å². The molecule has 1 heteroatoms. The Balaban J connectivity index is 4.36. The first kappa shape index (κ1) is 11.8. The molecular weight excluding hydrogens is 160 g/mol. The lowest BCUT2D eigenvalue weighted by atomic mass is 10.3. The Kier molecular flexibility index (Phi) is 6.70. The van der Waals surface area contributed by atoms with E-state index in [9.17, 15) is 0 Å². The van der Waals surface area contributed by atoms with Crippen molar-refractivity contribution in [2.75, 3.05) is 0 Å². The minimum atomic E-state index is 0.875. The summed E-state index contributed by atoms with van der Waals surface area (Å²) >= 11 is 0. The molecule has 0 aliphatic rings. The fourth-order valence-electron chi connectivity index (χ4n) is 0.879. The molecule has 72 valence electrons. The van der Waals surface area contributed by atoms with Crippen molar-refractivity contribution < 1.29 is 4.74 Å². The van der Waals surface area contributed by atoms with Gasteiger partial charge < -0.3 is 4.74 Å². The highest BCUT2D eigenvalue weighted by molar-refractivity contribution is 5.10. The molecule has 0 rings (SSSR count). The average Bonchev–Trinajstić information content (AvgIpc) is 2.16. The highest BCUT2D eigenvalue weighted by Gasteiger charge is 1.97. The van der Waals surface area contributed by atoms with E-state index < -0.39 is 0 Å². The van der Waals surface area contributed by atoms with Crippen LogP contribution in [0.15, 0.2) is 49.0 Å². The van der Waals surface area contributed by atoms with E-state index in [1.165, 1.54) is 0 Å². The molecule has 0 spiro atoms. The van der Waals surface area contributed by atoms with Crippen molar-refractivity contribution in [3.63, 3.8) is 0 Å². The van der Waals surface area contributed by atoms with E-state index in [0.717, 1.165) is 24.4 Å². The molecule has 0 atom stereocenters. The quantitative estimate of drug-likeness (QED) is 0.442. The Morgan fingerprint density at radius 3 is 1.62 bits per heavy atom. The molecule has 0 aromatic heterocycles. The van der Waals surface area contributed by atoms with Gasteiger partial charge in [-0.2, -0.15) is 0 Å². The van der Waals surface area contributed by atoms with Gasteiger partial charge in [-0.25, -0.2) is 0 Å². The van der Waals surface area contributed by atoms with Gasteiger partial charge in [0.15, 0.2) is 0 Å². The Labute approximate surface area is 81.1 Å². The van der Waals surface area contributed by atoms with Gasteiger partial charge in [0.25, 0.3) is 0 Å². The maximum absolute atomic E-state index is 5.61. The summed E-state index contributed by atoms with van der Waals surface area (Å²) in [4.78, 5) is 0. The lowest BCUT2D eigenvalue weighted by Gasteiger charge is -2.09. The van der Waals surface area contributed by atoms with Gasteiger partial charge in [-0.3, -0.25) is 0 Å². The summed E-state index contributed by atoms with van der Waals surface area (Å²) in [5, 5.41) is 0. The van der Waals surface area contributed by atoms with Crippen LogP contribution in [0.2, 0.25) is 0 Å². The standard InChI is InChI=1S/C12H18O/c1-5-9-11(7-3)13-12(8-4)10-6-2/h5-6,9-10H,1-2,7-8H2,3-4H3. The number of rotatable bonds is 6. The zero-order valence-corrected chi connectivity index (χ0v) is 8.55. The van der Waals surface area contributed by atoms with E-state index in [2.05, 4.69) is 27.0 Å². The number of ether oxygens (including phenoxy) is 1. The van der Waals surface area contributed by atoms with Gasteiger partial charge in [0, 0.05) is 12.8 Å². The lowest BCUT2D eigenvalue weighted by molar-refractivity contribution is 0.284. The molecule has 0 saturated carbocycles. The monoisotopic (exact) mass is 178 g/mol. The molecule has 0 heterocycles. The zero-order valence-electron chi connectivity index (χ0n) is 8.55. The summed E-state index contributed by atoms with van der Waals surface area (Å²) in [6, 6.07) is 0. The molecular formula is C12H18O. The molecule has 0 bridgehead atoms. The van der Waals surface area contributed by atoms with Crippen LogP contribution in [0.25, 0.3) is 0 Å². The largest absolute Gasteiger partial charge is 0.466 e. The van der Waals surface area contributed by atoms with Crippen molar-refractivity contribution in [2.45, 2.75) is 26.7 Å². The molecule has 0 saturated heterocycles. The molecule has 0 aliphatic heterocycles. The third-order valence-corrected chi connectivity index (χ3v) is 1.57. The average molecular weight is 178 g/mol. The van der Waals surface area contributed by atoms with Gasteiger partial charge in [0.1, 0.15) is 11.5 Å². The maximum Gasteiger partial charge on any atom is 0.103 e. The highest BCUT2D eigenvalue weighted by Crippen LogP contribution is 2.12. The first-order valence-electron chi connectivity index (χ1n) is 4.59. The van der Waals surface area contributed by atoms with E-state index in [-0.39, 0.29) is 0 Å². The number of allylic oxidation sites excluding steroid dienone is 6. The molecule has 0 aromatic carbocycles. The normalized spacial score (nSPS) is 12.5. The maximum atomic E-state index is 5.61. The van der Waals surface area contributed by atoms with Crippen LogP contribution in [-0.2, 0) is 4.74 Å². The lowest BCUT2D eigenvalue weighted by Crippen LogP contribution is -1.90. The van der Waals surface area contributed by atoms with Crippen LogP contribution in [0.4, 0.5) is 0 Å². The fraction of sp³-hybridized carbons (Fsp3) is 0.333. The van der Waals surface area contributed by atoms with Crippen molar-refractivity contribution in [1.82, 2.24) is 0 Å². The van der Waals surface area contributed by atoms with Crippen LogP contribution in [-0.4, -0.2) is 0 Å². The summed E-state index contributed by atoms with van der Waals surface area (Å²) < 4.78 is 5.61. The first-order valence-corrected chi connectivity index (χ1v) is 4.59. The molecule has 0 fully saturated rings. The Hall–Kier alpha value is -1.24. The predicted molar refractivity (Wildman–Crippen MR) is 58.2 cm³/mol. The number of hydrogen-bond acceptors (Lipinski definition) is 1. The van der Waals surface area contributed by atoms with Gasteiger partial charge in [0.2, 0.25) is 0 Å². The zero-order chi connectivity index (χ0) is 10.1. The number of hydrogen-bond donors (Lipinski definition) is 0. The highest BCUT2D eigenvalue weighted by atomic mass is 16.5. The molecule has 0 unspecified atom stereocenters. The van der Waals surface area contributed by atoms with Gasteiger partial charge in [0.05, 0.1) is 0 Å². The van der Waals surface area contributed by atoms with Crippen LogP contribution in [0.3, 0.4) is 0 Å². The molecule has 0 N–H and O–H groups in total. The summed E-state index contributed by atoms with van der Waals surface area (Å²) in [7, 11) is 0. The molecule has 0 aromatic rings.